The normalized spacial score (nSPS) is 15.9. The average molecular weight is 265 g/mol. The summed E-state index contributed by atoms with van der Waals surface area (Å²) in [6.07, 6.45) is 0.929. The summed E-state index contributed by atoms with van der Waals surface area (Å²) >= 11 is 0. The number of benzene rings is 1. The third-order valence-corrected chi connectivity index (χ3v) is 3.88. The second-order valence-electron chi connectivity index (χ2n) is 5.11. The van der Waals surface area contributed by atoms with Crippen LogP contribution in [0.3, 0.4) is 0 Å². The highest BCUT2D eigenvalue weighted by Crippen LogP contribution is 2.36. The maximum absolute atomic E-state index is 5.78. The van der Waals surface area contributed by atoms with Gasteiger partial charge in [-0.2, -0.15) is 0 Å². The Kier molecular flexibility index (Phi) is 5.83. The molecule has 3 nitrogen and oxygen atoms in total. The fourth-order valence-corrected chi connectivity index (χ4v) is 2.40. The van der Waals surface area contributed by atoms with Gasteiger partial charge in [-0.15, -0.1) is 0 Å². The largest absolute Gasteiger partial charge is 0.496 e. The van der Waals surface area contributed by atoms with E-state index in [0.29, 0.717) is 0 Å². The van der Waals surface area contributed by atoms with Gasteiger partial charge in [0.2, 0.25) is 0 Å². The zero-order valence-corrected chi connectivity index (χ0v) is 13.0. The lowest BCUT2D eigenvalue weighted by atomic mass is 9.86. The Bertz CT molecular complexity index is 400. The molecule has 2 unspecified atom stereocenters. The fraction of sp³-hybridized carbons (Fsp3) is 0.625. The second kappa shape index (κ2) is 6.92. The molecular formula is C16H27NO2. The SMILES string of the molecule is CCNC(c1cc(C)ccc1OC)C(C)(CC)OC. The molecule has 0 saturated carbocycles. The van der Waals surface area contributed by atoms with Crippen molar-refractivity contribution in [2.75, 3.05) is 20.8 Å². The number of nitrogens with one attached hydrogen (secondary N) is 1. The molecule has 0 fully saturated rings. The highest BCUT2D eigenvalue weighted by molar-refractivity contribution is 5.40. The van der Waals surface area contributed by atoms with E-state index in [1.165, 1.54) is 5.56 Å². The van der Waals surface area contributed by atoms with Crippen LogP contribution in [0.4, 0.5) is 0 Å². The van der Waals surface area contributed by atoms with Gasteiger partial charge in [-0.25, -0.2) is 0 Å². The minimum absolute atomic E-state index is 0.113. The number of hydrogen-bond acceptors (Lipinski definition) is 3. The summed E-state index contributed by atoms with van der Waals surface area (Å²) in [4.78, 5) is 0. The zero-order chi connectivity index (χ0) is 14.5. The number of methoxy groups -OCH3 is 2. The van der Waals surface area contributed by atoms with Gasteiger partial charge >= 0.3 is 0 Å². The first kappa shape index (κ1) is 16.0. The van der Waals surface area contributed by atoms with Gasteiger partial charge in [0.15, 0.2) is 0 Å². The van der Waals surface area contributed by atoms with Crippen molar-refractivity contribution >= 4 is 0 Å². The third-order valence-electron chi connectivity index (χ3n) is 3.88. The van der Waals surface area contributed by atoms with Crippen LogP contribution in [0.5, 0.6) is 5.75 Å². The van der Waals surface area contributed by atoms with Crippen molar-refractivity contribution < 1.29 is 9.47 Å². The minimum Gasteiger partial charge on any atom is -0.496 e. The lowest BCUT2D eigenvalue weighted by Gasteiger charge is -2.37. The molecule has 1 aromatic carbocycles. The Balaban J connectivity index is 3.29. The van der Waals surface area contributed by atoms with Gasteiger partial charge in [0.1, 0.15) is 5.75 Å². The standard InChI is InChI=1S/C16H27NO2/c1-7-16(4,19-6)15(17-8-2)13-11-12(3)9-10-14(13)18-5/h9-11,15,17H,7-8H2,1-6H3. The van der Waals surface area contributed by atoms with Gasteiger partial charge in [0, 0.05) is 12.7 Å². The molecule has 0 aromatic heterocycles. The van der Waals surface area contributed by atoms with E-state index in [2.05, 4.69) is 45.1 Å². The van der Waals surface area contributed by atoms with Crippen LogP contribution >= 0.6 is 0 Å². The maximum Gasteiger partial charge on any atom is 0.123 e. The van der Waals surface area contributed by atoms with E-state index in [9.17, 15) is 0 Å². The van der Waals surface area contributed by atoms with Crippen LogP contribution in [-0.4, -0.2) is 26.4 Å². The number of aryl methyl sites for hydroxylation is 1. The predicted molar refractivity (Wildman–Crippen MR) is 79.9 cm³/mol. The molecule has 108 valence electrons. The van der Waals surface area contributed by atoms with Crippen LogP contribution in [0, 0.1) is 6.92 Å². The van der Waals surface area contributed by atoms with Crippen molar-refractivity contribution in [3.05, 3.63) is 29.3 Å². The number of likely N-dealkylation sites (N-methyl/N-ethyl adjacent to an activating group) is 1. The van der Waals surface area contributed by atoms with E-state index in [4.69, 9.17) is 9.47 Å². The van der Waals surface area contributed by atoms with Crippen molar-refractivity contribution in [2.45, 2.75) is 45.8 Å². The Labute approximate surface area is 117 Å². The van der Waals surface area contributed by atoms with Gasteiger partial charge in [0.25, 0.3) is 0 Å². The average Bonchev–Trinajstić information content (AvgIpc) is 2.44. The monoisotopic (exact) mass is 265 g/mol. The lowest BCUT2D eigenvalue weighted by Crippen LogP contribution is -2.43. The molecule has 2 atom stereocenters. The van der Waals surface area contributed by atoms with Crippen molar-refractivity contribution in [3.63, 3.8) is 0 Å². The van der Waals surface area contributed by atoms with Crippen LogP contribution in [0.2, 0.25) is 0 Å². The minimum atomic E-state index is -0.253. The summed E-state index contributed by atoms with van der Waals surface area (Å²) < 4.78 is 11.3. The highest BCUT2D eigenvalue weighted by atomic mass is 16.5. The summed E-state index contributed by atoms with van der Waals surface area (Å²) in [5.74, 6) is 0.910. The molecule has 0 aliphatic rings. The number of rotatable bonds is 7. The Morgan fingerprint density at radius 2 is 1.95 bits per heavy atom. The topological polar surface area (TPSA) is 30.5 Å². The lowest BCUT2D eigenvalue weighted by molar-refractivity contribution is -0.0301. The molecule has 0 radical (unpaired) electrons. The van der Waals surface area contributed by atoms with Gasteiger partial charge in [-0.1, -0.05) is 31.5 Å². The van der Waals surface area contributed by atoms with Crippen molar-refractivity contribution in [2.24, 2.45) is 0 Å². The van der Waals surface area contributed by atoms with Crippen LogP contribution in [0.25, 0.3) is 0 Å². The Morgan fingerprint density at radius 3 is 2.42 bits per heavy atom. The number of hydrogen-bond donors (Lipinski definition) is 1. The van der Waals surface area contributed by atoms with E-state index < -0.39 is 0 Å². The van der Waals surface area contributed by atoms with Crippen molar-refractivity contribution in [1.82, 2.24) is 5.32 Å². The van der Waals surface area contributed by atoms with Crippen LogP contribution in [0.15, 0.2) is 18.2 Å². The molecule has 0 amide bonds. The van der Waals surface area contributed by atoms with E-state index in [0.717, 1.165) is 24.3 Å². The van der Waals surface area contributed by atoms with Gasteiger partial charge in [0.05, 0.1) is 18.8 Å². The molecule has 0 aliphatic carbocycles. The molecule has 0 spiro atoms. The van der Waals surface area contributed by atoms with Crippen LogP contribution in [0.1, 0.15) is 44.4 Å². The second-order valence-corrected chi connectivity index (χ2v) is 5.11. The Hall–Kier alpha value is -1.06. The zero-order valence-electron chi connectivity index (χ0n) is 13.0. The van der Waals surface area contributed by atoms with Crippen LogP contribution < -0.4 is 10.1 Å². The van der Waals surface area contributed by atoms with E-state index in [1.807, 2.05) is 6.07 Å². The smallest absolute Gasteiger partial charge is 0.123 e. The Morgan fingerprint density at radius 1 is 1.26 bits per heavy atom. The summed E-state index contributed by atoms with van der Waals surface area (Å²) in [7, 11) is 3.49. The van der Waals surface area contributed by atoms with Gasteiger partial charge in [-0.05, 0) is 32.9 Å². The fourth-order valence-electron chi connectivity index (χ4n) is 2.40. The summed E-state index contributed by atoms with van der Waals surface area (Å²) in [5.41, 5.74) is 2.14. The molecule has 1 N–H and O–H groups in total. The van der Waals surface area contributed by atoms with Gasteiger partial charge in [-0.3, -0.25) is 0 Å². The molecule has 0 heterocycles. The van der Waals surface area contributed by atoms with E-state index in [-0.39, 0.29) is 11.6 Å². The molecule has 0 aliphatic heterocycles. The van der Waals surface area contributed by atoms with E-state index >= 15 is 0 Å². The third kappa shape index (κ3) is 3.48. The first-order valence-electron chi connectivity index (χ1n) is 6.95. The van der Waals surface area contributed by atoms with Crippen molar-refractivity contribution in [3.8, 4) is 5.75 Å². The quantitative estimate of drug-likeness (QED) is 0.819. The molecular weight excluding hydrogens is 238 g/mol. The van der Waals surface area contributed by atoms with Crippen LogP contribution in [-0.2, 0) is 4.74 Å². The molecule has 19 heavy (non-hydrogen) atoms. The number of ether oxygens (including phenoxy) is 2. The first-order valence-corrected chi connectivity index (χ1v) is 6.95. The van der Waals surface area contributed by atoms with E-state index in [1.54, 1.807) is 14.2 Å². The first-order chi connectivity index (χ1) is 9.02. The predicted octanol–water partition coefficient (Wildman–Crippen LogP) is 3.47. The molecule has 0 saturated heterocycles. The summed E-state index contributed by atoms with van der Waals surface area (Å²) in [6, 6.07) is 6.39. The molecule has 3 heteroatoms. The summed E-state index contributed by atoms with van der Waals surface area (Å²) in [6.45, 7) is 9.39. The molecule has 0 bridgehead atoms. The highest BCUT2D eigenvalue weighted by Gasteiger charge is 2.35. The molecule has 1 rings (SSSR count). The van der Waals surface area contributed by atoms with Gasteiger partial charge < -0.3 is 14.8 Å². The molecule has 1 aromatic rings. The van der Waals surface area contributed by atoms with Crippen molar-refractivity contribution in [1.29, 1.82) is 0 Å². The maximum atomic E-state index is 5.78. The summed E-state index contributed by atoms with van der Waals surface area (Å²) in [5, 5.41) is 3.54.